The van der Waals surface area contributed by atoms with Crippen molar-refractivity contribution in [2.24, 2.45) is 7.05 Å². The van der Waals surface area contributed by atoms with Crippen molar-refractivity contribution in [2.45, 2.75) is 19.1 Å². The van der Waals surface area contributed by atoms with Gasteiger partial charge in [-0.05, 0) is 6.92 Å². The topological polar surface area (TPSA) is 105 Å². The molecule has 1 saturated heterocycles. The SMILES string of the molecule is Cc1nn(C)c(N2CC(O)C(O)C2)c1[N+](=O)[O-]. The first-order valence-electron chi connectivity index (χ1n) is 5.21. The number of aliphatic hydroxyl groups is 2. The third-order valence-corrected chi connectivity index (χ3v) is 2.90. The van der Waals surface area contributed by atoms with Crippen LogP contribution in [0.3, 0.4) is 0 Å². The third-order valence-electron chi connectivity index (χ3n) is 2.90. The molecule has 0 saturated carbocycles. The van der Waals surface area contributed by atoms with Gasteiger partial charge in [0, 0.05) is 20.1 Å². The number of aryl methyl sites for hydroxylation is 2. The van der Waals surface area contributed by atoms with Gasteiger partial charge in [0.2, 0.25) is 5.82 Å². The summed E-state index contributed by atoms with van der Waals surface area (Å²) in [5.74, 6) is 0.322. The highest BCUT2D eigenvalue weighted by atomic mass is 16.6. The van der Waals surface area contributed by atoms with Crippen molar-refractivity contribution in [2.75, 3.05) is 18.0 Å². The first-order chi connectivity index (χ1) is 7.91. The zero-order valence-electron chi connectivity index (χ0n) is 9.57. The van der Waals surface area contributed by atoms with Gasteiger partial charge in [0.1, 0.15) is 5.69 Å². The molecule has 8 heteroatoms. The van der Waals surface area contributed by atoms with E-state index in [0.717, 1.165) is 0 Å². The van der Waals surface area contributed by atoms with E-state index in [9.17, 15) is 20.3 Å². The molecule has 2 heterocycles. The van der Waals surface area contributed by atoms with Gasteiger partial charge in [-0.15, -0.1) is 0 Å². The molecule has 1 aliphatic heterocycles. The molecule has 2 rings (SSSR count). The fourth-order valence-corrected chi connectivity index (χ4v) is 2.15. The van der Waals surface area contributed by atoms with Crippen LogP contribution in [0.4, 0.5) is 11.5 Å². The molecule has 0 spiro atoms. The number of rotatable bonds is 2. The van der Waals surface area contributed by atoms with Gasteiger partial charge in [0.05, 0.1) is 17.1 Å². The number of hydrogen-bond donors (Lipinski definition) is 2. The smallest absolute Gasteiger partial charge is 0.333 e. The Hall–Kier alpha value is -1.67. The molecular formula is C9H14N4O4. The Morgan fingerprint density at radius 1 is 1.41 bits per heavy atom. The number of nitro groups is 1. The lowest BCUT2D eigenvalue weighted by Crippen LogP contribution is -2.24. The Morgan fingerprint density at radius 3 is 2.41 bits per heavy atom. The minimum absolute atomic E-state index is 0.0752. The van der Waals surface area contributed by atoms with Crippen molar-refractivity contribution >= 4 is 11.5 Å². The Labute approximate surface area is 97.2 Å². The van der Waals surface area contributed by atoms with E-state index in [1.54, 1.807) is 18.9 Å². The summed E-state index contributed by atoms with van der Waals surface area (Å²) < 4.78 is 1.40. The van der Waals surface area contributed by atoms with E-state index in [2.05, 4.69) is 5.10 Å². The molecule has 0 aliphatic carbocycles. The summed E-state index contributed by atoms with van der Waals surface area (Å²) in [4.78, 5) is 12.1. The number of nitrogens with zero attached hydrogens (tertiary/aromatic N) is 4. The van der Waals surface area contributed by atoms with Crippen LogP contribution in [0.5, 0.6) is 0 Å². The molecule has 0 amide bonds. The minimum atomic E-state index is -0.884. The molecular weight excluding hydrogens is 228 g/mol. The number of aliphatic hydroxyl groups excluding tert-OH is 2. The molecule has 17 heavy (non-hydrogen) atoms. The molecule has 0 bridgehead atoms. The van der Waals surface area contributed by atoms with E-state index in [4.69, 9.17) is 0 Å². The highest BCUT2D eigenvalue weighted by Crippen LogP contribution is 2.32. The zero-order chi connectivity index (χ0) is 12.7. The van der Waals surface area contributed by atoms with Gasteiger partial charge in [-0.2, -0.15) is 5.10 Å². The highest BCUT2D eigenvalue weighted by molar-refractivity contribution is 5.62. The van der Waals surface area contributed by atoms with Gasteiger partial charge in [0.15, 0.2) is 0 Å². The van der Waals surface area contributed by atoms with Gasteiger partial charge in [-0.25, -0.2) is 4.68 Å². The van der Waals surface area contributed by atoms with Gasteiger partial charge in [-0.1, -0.05) is 0 Å². The summed E-state index contributed by atoms with van der Waals surface area (Å²) in [7, 11) is 1.60. The summed E-state index contributed by atoms with van der Waals surface area (Å²) in [6.07, 6.45) is -1.77. The van der Waals surface area contributed by atoms with Crippen LogP contribution in [0.15, 0.2) is 0 Å². The largest absolute Gasteiger partial charge is 0.389 e. The third kappa shape index (κ3) is 1.85. The van der Waals surface area contributed by atoms with Crippen LogP contribution in [0.25, 0.3) is 0 Å². The lowest BCUT2D eigenvalue weighted by atomic mass is 10.3. The van der Waals surface area contributed by atoms with Crippen molar-refractivity contribution in [3.05, 3.63) is 15.8 Å². The maximum atomic E-state index is 11.0. The van der Waals surface area contributed by atoms with E-state index in [-0.39, 0.29) is 18.8 Å². The lowest BCUT2D eigenvalue weighted by Gasteiger charge is -2.16. The van der Waals surface area contributed by atoms with Crippen LogP contribution >= 0.6 is 0 Å². The van der Waals surface area contributed by atoms with E-state index in [1.807, 2.05) is 0 Å². The van der Waals surface area contributed by atoms with Gasteiger partial charge >= 0.3 is 5.69 Å². The van der Waals surface area contributed by atoms with Crippen LogP contribution in [-0.4, -0.2) is 50.2 Å². The maximum Gasteiger partial charge on any atom is 0.333 e. The van der Waals surface area contributed by atoms with E-state index < -0.39 is 17.1 Å². The Bertz CT molecular complexity index is 448. The second-order valence-electron chi connectivity index (χ2n) is 4.18. The quantitative estimate of drug-likeness (QED) is 0.518. The minimum Gasteiger partial charge on any atom is -0.389 e. The number of anilines is 1. The van der Waals surface area contributed by atoms with Crippen LogP contribution in [-0.2, 0) is 7.05 Å². The molecule has 1 fully saturated rings. The summed E-state index contributed by atoms with van der Waals surface area (Å²) >= 11 is 0. The molecule has 1 aliphatic rings. The molecule has 2 unspecified atom stereocenters. The molecule has 8 nitrogen and oxygen atoms in total. The average molecular weight is 242 g/mol. The fourth-order valence-electron chi connectivity index (χ4n) is 2.15. The van der Waals surface area contributed by atoms with Crippen molar-refractivity contribution in [1.29, 1.82) is 0 Å². The van der Waals surface area contributed by atoms with Crippen LogP contribution in [0, 0.1) is 17.0 Å². The van der Waals surface area contributed by atoms with Crippen molar-refractivity contribution in [1.82, 2.24) is 9.78 Å². The maximum absolute atomic E-state index is 11.0. The standard InChI is InChI=1S/C9H14N4O4/c1-5-8(13(16)17)9(11(2)10-5)12-3-6(14)7(15)4-12/h6-7,14-15H,3-4H2,1-2H3. The summed E-state index contributed by atoms with van der Waals surface area (Å²) in [5, 5.41) is 33.9. The van der Waals surface area contributed by atoms with Crippen molar-refractivity contribution < 1.29 is 15.1 Å². The molecule has 94 valence electrons. The second-order valence-corrected chi connectivity index (χ2v) is 4.18. The van der Waals surface area contributed by atoms with Crippen LogP contribution in [0.1, 0.15) is 5.69 Å². The average Bonchev–Trinajstić information content (AvgIpc) is 2.68. The normalized spacial score (nSPS) is 24.4. The molecule has 2 N–H and O–H groups in total. The lowest BCUT2D eigenvalue weighted by molar-refractivity contribution is -0.384. The van der Waals surface area contributed by atoms with E-state index in [1.165, 1.54) is 4.68 Å². The Balaban J connectivity index is 2.42. The van der Waals surface area contributed by atoms with Gasteiger partial charge in [0.25, 0.3) is 0 Å². The molecule has 0 radical (unpaired) electrons. The molecule has 2 atom stereocenters. The van der Waals surface area contributed by atoms with Gasteiger partial charge in [-0.3, -0.25) is 10.1 Å². The zero-order valence-corrected chi connectivity index (χ0v) is 9.57. The van der Waals surface area contributed by atoms with Crippen LogP contribution < -0.4 is 4.90 Å². The Morgan fingerprint density at radius 2 is 1.94 bits per heavy atom. The number of hydrogen-bond acceptors (Lipinski definition) is 6. The van der Waals surface area contributed by atoms with E-state index in [0.29, 0.717) is 11.5 Å². The Kier molecular flexibility index (Phi) is 2.76. The molecule has 0 aromatic carbocycles. The summed E-state index contributed by atoms with van der Waals surface area (Å²) in [5.41, 5.74) is 0.247. The second kappa shape index (κ2) is 3.97. The van der Waals surface area contributed by atoms with Crippen LogP contribution in [0.2, 0.25) is 0 Å². The molecule has 1 aromatic heterocycles. The predicted octanol–water partition coefficient (Wildman–Crippen LogP) is -0.821. The first-order valence-corrected chi connectivity index (χ1v) is 5.21. The first kappa shape index (κ1) is 11.8. The monoisotopic (exact) mass is 242 g/mol. The summed E-state index contributed by atoms with van der Waals surface area (Å²) in [6.45, 7) is 1.90. The molecule has 1 aromatic rings. The van der Waals surface area contributed by atoms with E-state index >= 15 is 0 Å². The predicted molar refractivity (Wildman–Crippen MR) is 58.8 cm³/mol. The van der Waals surface area contributed by atoms with Crippen molar-refractivity contribution in [3.63, 3.8) is 0 Å². The van der Waals surface area contributed by atoms with Crippen molar-refractivity contribution in [3.8, 4) is 0 Å². The van der Waals surface area contributed by atoms with Gasteiger partial charge < -0.3 is 15.1 Å². The number of aromatic nitrogens is 2. The summed E-state index contributed by atoms with van der Waals surface area (Å²) in [6, 6.07) is 0. The number of β-amino-alcohol motifs (C(OH)–C–C–N with tert-alkyl or cyclic N) is 2. The fraction of sp³-hybridized carbons (Fsp3) is 0.667. The highest BCUT2D eigenvalue weighted by Gasteiger charge is 2.36.